The molecule has 1 aliphatic rings. The normalized spacial score (nSPS) is 16.4. The number of hydrogen-bond acceptors (Lipinski definition) is 3. The maximum atomic E-state index is 9.34. The number of rotatable bonds is 4. The van der Waals surface area contributed by atoms with Crippen molar-refractivity contribution in [3.8, 4) is 11.8 Å². The maximum Gasteiger partial charge on any atom is 0.122 e. The summed E-state index contributed by atoms with van der Waals surface area (Å²) in [6, 6.07) is 6.73. The number of anilines is 1. The second kappa shape index (κ2) is 5.13. The molecular formula is C16H22N2O. The van der Waals surface area contributed by atoms with Gasteiger partial charge in [-0.05, 0) is 49.9 Å². The van der Waals surface area contributed by atoms with E-state index in [0.29, 0.717) is 0 Å². The third-order valence-corrected chi connectivity index (χ3v) is 4.21. The minimum Gasteiger partial charge on any atom is -0.496 e. The van der Waals surface area contributed by atoms with E-state index in [1.165, 1.54) is 17.7 Å². The Balaban J connectivity index is 2.22. The van der Waals surface area contributed by atoms with Crippen molar-refractivity contribution in [1.82, 2.24) is 0 Å². The van der Waals surface area contributed by atoms with Crippen molar-refractivity contribution in [2.24, 2.45) is 5.41 Å². The molecule has 1 aromatic rings. The summed E-state index contributed by atoms with van der Waals surface area (Å²) in [5.41, 5.74) is 3.39. The highest BCUT2D eigenvalue weighted by atomic mass is 16.5. The lowest BCUT2D eigenvalue weighted by Gasteiger charge is -2.39. The molecule has 3 nitrogen and oxygen atoms in total. The van der Waals surface area contributed by atoms with Gasteiger partial charge in [-0.15, -0.1) is 0 Å². The van der Waals surface area contributed by atoms with Crippen molar-refractivity contribution in [3.05, 3.63) is 23.3 Å². The van der Waals surface area contributed by atoms with E-state index in [4.69, 9.17) is 4.74 Å². The second-order valence-corrected chi connectivity index (χ2v) is 5.71. The smallest absolute Gasteiger partial charge is 0.122 e. The Hall–Kier alpha value is -1.69. The van der Waals surface area contributed by atoms with Crippen LogP contribution in [0.3, 0.4) is 0 Å². The van der Waals surface area contributed by atoms with E-state index in [1.54, 1.807) is 7.11 Å². The van der Waals surface area contributed by atoms with Crippen LogP contribution < -0.4 is 9.64 Å². The zero-order chi connectivity index (χ0) is 14.0. The summed E-state index contributed by atoms with van der Waals surface area (Å²) < 4.78 is 5.34. The quantitative estimate of drug-likeness (QED) is 0.830. The molecule has 0 spiro atoms. The van der Waals surface area contributed by atoms with Crippen molar-refractivity contribution in [2.45, 2.75) is 33.1 Å². The SMILES string of the molecule is COc1cc(C)c(N(C)CC2(C#N)CCC2)cc1C. The first kappa shape index (κ1) is 13.7. The van der Waals surface area contributed by atoms with Gasteiger partial charge in [0.05, 0.1) is 18.6 Å². The Morgan fingerprint density at radius 1 is 1.32 bits per heavy atom. The molecular weight excluding hydrogens is 236 g/mol. The topological polar surface area (TPSA) is 36.3 Å². The van der Waals surface area contributed by atoms with E-state index in [-0.39, 0.29) is 5.41 Å². The van der Waals surface area contributed by atoms with E-state index < -0.39 is 0 Å². The average molecular weight is 258 g/mol. The highest BCUT2D eigenvalue weighted by Crippen LogP contribution is 2.42. The summed E-state index contributed by atoms with van der Waals surface area (Å²) in [5, 5.41) is 9.34. The molecule has 0 aliphatic heterocycles. The van der Waals surface area contributed by atoms with Gasteiger partial charge in [-0.1, -0.05) is 6.42 Å². The van der Waals surface area contributed by atoms with Crippen LogP contribution in [0.4, 0.5) is 5.69 Å². The van der Waals surface area contributed by atoms with Gasteiger partial charge in [0.2, 0.25) is 0 Å². The van der Waals surface area contributed by atoms with Crippen LogP contribution in [0.25, 0.3) is 0 Å². The molecule has 0 heterocycles. The van der Waals surface area contributed by atoms with Crippen LogP contribution in [0.5, 0.6) is 5.75 Å². The molecule has 0 atom stereocenters. The predicted molar refractivity (Wildman–Crippen MR) is 77.6 cm³/mol. The number of nitrogens with zero attached hydrogens (tertiary/aromatic N) is 2. The van der Waals surface area contributed by atoms with Crippen molar-refractivity contribution in [2.75, 3.05) is 25.6 Å². The molecule has 3 heteroatoms. The number of methoxy groups -OCH3 is 1. The highest BCUT2D eigenvalue weighted by Gasteiger charge is 2.38. The number of ether oxygens (including phenoxy) is 1. The summed E-state index contributed by atoms with van der Waals surface area (Å²) in [5.74, 6) is 0.924. The molecule has 0 aromatic heterocycles. The van der Waals surface area contributed by atoms with Gasteiger partial charge in [-0.25, -0.2) is 0 Å². The van der Waals surface area contributed by atoms with Crippen molar-refractivity contribution < 1.29 is 4.74 Å². The third kappa shape index (κ3) is 2.53. The standard InChI is InChI=1S/C16H22N2O/c1-12-9-15(19-4)13(2)8-14(12)18(3)11-16(10-17)6-5-7-16/h8-9H,5-7,11H2,1-4H3. The van der Waals surface area contributed by atoms with Crippen LogP contribution in [-0.4, -0.2) is 20.7 Å². The van der Waals surface area contributed by atoms with Crippen LogP contribution in [0, 0.1) is 30.6 Å². The molecule has 0 unspecified atom stereocenters. The first-order valence-electron chi connectivity index (χ1n) is 6.79. The maximum absolute atomic E-state index is 9.34. The fourth-order valence-corrected chi connectivity index (χ4v) is 2.85. The van der Waals surface area contributed by atoms with Crippen molar-refractivity contribution >= 4 is 5.69 Å². The molecule has 1 aromatic carbocycles. The fraction of sp³-hybridized carbons (Fsp3) is 0.562. The zero-order valence-electron chi connectivity index (χ0n) is 12.3. The Morgan fingerprint density at radius 3 is 2.47 bits per heavy atom. The molecule has 0 N–H and O–H groups in total. The molecule has 0 amide bonds. The molecule has 1 aliphatic carbocycles. The van der Waals surface area contributed by atoms with Crippen LogP contribution in [0.2, 0.25) is 0 Å². The minimum atomic E-state index is -0.130. The summed E-state index contributed by atoms with van der Waals surface area (Å²) in [7, 11) is 3.77. The van der Waals surface area contributed by atoms with Crippen molar-refractivity contribution in [3.63, 3.8) is 0 Å². The molecule has 2 rings (SSSR count). The Morgan fingerprint density at radius 2 is 2.00 bits per heavy atom. The van der Waals surface area contributed by atoms with E-state index >= 15 is 0 Å². The van der Waals surface area contributed by atoms with E-state index in [9.17, 15) is 5.26 Å². The van der Waals surface area contributed by atoms with Gasteiger partial charge in [0.25, 0.3) is 0 Å². The molecule has 0 radical (unpaired) electrons. The Labute approximate surface area is 115 Å². The molecule has 1 saturated carbocycles. The molecule has 0 bridgehead atoms. The summed E-state index contributed by atoms with van der Waals surface area (Å²) in [6.07, 6.45) is 3.24. The van der Waals surface area contributed by atoms with Crippen LogP contribution in [0.1, 0.15) is 30.4 Å². The molecule has 0 saturated heterocycles. The van der Waals surface area contributed by atoms with Gasteiger partial charge in [0.15, 0.2) is 0 Å². The number of nitriles is 1. The van der Waals surface area contributed by atoms with Gasteiger partial charge in [-0.2, -0.15) is 5.26 Å². The van der Waals surface area contributed by atoms with Gasteiger partial charge in [0.1, 0.15) is 5.75 Å². The first-order chi connectivity index (χ1) is 9.01. The van der Waals surface area contributed by atoms with Gasteiger partial charge < -0.3 is 9.64 Å². The van der Waals surface area contributed by atoms with Crippen LogP contribution in [0.15, 0.2) is 12.1 Å². The Kier molecular flexibility index (Phi) is 3.71. The number of aryl methyl sites for hydroxylation is 2. The number of benzene rings is 1. The first-order valence-corrected chi connectivity index (χ1v) is 6.79. The van der Waals surface area contributed by atoms with Crippen LogP contribution >= 0.6 is 0 Å². The molecule has 19 heavy (non-hydrogen) atoms. The second-order valence-electron chi connectivity index (χ2n) is 5.71. The Bertz CT molecular complexity index is 512. The lowest BCUT2D eigenvalue weighted by molar-refractivity contribution is 0.223. The van der Waals surface area contributed by atoms with Gasteiger partial charge in [-0.3, -0.25) is 0 Å². The summed E-state index contributed by atoms with van der Waals surface area (Å²) >= 11 is 0. The van der Waals surface area contributed by atoms with Gasteiger partial charge >= 0.3 is 0 Å². The van der Waals surface area contributed by atoms with Crippen LogP contribution in [-0.2, 0) is 0 Å². The van der Waals surface area contributed by atoms with Crippen molar-refractivity contribution in [1.29, 1.82) is 5.26 Å². The van der Waals surface area contributed by atoms with E-state index in [0.717, 1.165) is 30.7 Å². The zero-order valence-corrected chi connectivity index (χ0v) is 12.3. The minimum absolute atomic E-state index is 0.130. The fourth-order valence-electron chi connectivity index (χ4n) is 2.85. The largest absolute Gasteiger partial charge is 0.496 e. The average Bonchev–Trinajstić information content (AvgIpc) is 2.35. The molecule has 102 valence electrons. The number of hydrogen-bond donors (Lipinski definition) is 0. The highest BCUT2D eigenvalue weighted by molar-refractivity contribution is 5.58. The van der Waals surface area contributed by atoms with Gasteiger partial charge in [0, 0.05) is 19.3 Å². The summed E-state index contributed by atoms with van der Waals surface area (Å²) in [4.78, 5) is 2.21. The monoisotopic (exact) mass is 258 g/mol. The summed E-state index contributed by atoms with van der Waals surface area (Å²) in [6.45, 7) is 4.96. The third-order valence-electron chi connectivity index (χ3n) is 4.21. The van der Waals surface area contributed by atoms with E-state index in [1.807, 2.05) is 0 Å². The van der Waals surface area contributed by atoms with E-state index in [2.05, 4.69) is 44.0 Å². The molecule has 1 fully saturated rings. The lowest BCUT2D eigenvalue weighted by atomic mass is 9.69. The predicted octanol–water partition coefficient (Wildman–Crippen LogP) is 3.44. The lowest BCUT2D eigenvalue weighted by Crippen LogP contribution is -2.40.